The summed E-state index contributed by atoms with van der Waals surface area (Å²) < 4.78 is 31.3. The van der Waals surface area contributed by atoms with E-state index in [9.17, 15) is 18.0 Å². The maximum Gasteiger partial charge on any atom is 0.235 e. The van der Waals surface area contributed by atoms with Crippen LogP contribution in [0, 0.1) is 0 Å². The van der Waals surface area contributed by atoms with E-state index in [0.29, 0.717) is 16.9 Å². The minimum Gasteiger partial charge on any atom is -0.467 e. The molecule has 1 aromatic heterocycles. The van der Waals surface area contributed by atoms with Gasteiger partial charge in [0.15, 0.2) is 5.78 Å². The van der Waals surface area contributed by atoms with Gasteiger partial charge in [0.2, 0.25) is 15.9 Å². The third-order valence-electron chi connectivity index (χ3n) is 3.18. The molecule has 2 N–H and O–H groups in total. The van der Waals surface area contributed by atoms with Gasteiger partial charge in [-0.05, 0) is 30.7 Å². The highest BCUT2D eigenvalue weighted by Gasteiger charge is 2.14. The minimum absolute atomic E-state index is 0.139. The van der Waals surface area contributed by atoms with Crippen LogP contribution in [0.1, 0.15) is 28.6 Å². The molecule has 8 heteroatoms. The molecule has 2 rings (SSSR count). The molecule has 7 nitrogen and oxygen atoms in total. The molecule has 0 fully saturated rings. The number of amides is 1. The van der Waals surface area contributed by atoms with Gasteiger partial charge >= 0.3 is 0 Å². The fourth-order valence-electron chi connectivity index (χ4n) is 1.99. The lowest BCUT2D eigenvalue weighted by atomic mass is 10.1. The smallest absolute Gasteiger partial charge is 0.235 e. The molecule has 24 heavy (non-hydrogen) atoms. The second-order valence-electron chi connectivity index (χ2n) is 5.19. The predicted octanol–water partition coefficient (Wildman–Crippen LogP) is 1.22. The first kappa shape index (κ1) is 17.9. The molecule has 2 aromatic rings. The number of carbonyl (C=O) groups excluding carboxylic acids is 2. The van der Waals surface area contributed by atoms with Crippen molar-refractivity contribution in [2.24, 2.45) is 0 Å². The highest BCUT2D eigenvalue weighted by Crippen LogP contribution is 2.09. The standard InChI is InChI=1S/C16H18N2O5S/c1-12(19)14-5-2-4-13(8-14)11-24(21,22)18-10-16(20)17-9-15-6-3-7-23-15/h2-8,18H,9-11H2,1H3,(H,17,20). The Morgan fingerprint density at radius 2 is 1.96 bits per heavy atom. The number of benzene rings is 1. The molecule has 0 saturated carbocycles. The van der Waals surface area contributed by atoms with Crippen LogP contribution in [0.2, 0.25) is 0 Å². The van der Waals surface area contributed by atoms with Gasteiger partial charge in [-0.3, -0.25) is 9.59 Å². The summed E-state index contributed by atoms with van der Waals surface area (Å²) in [6.45, 7) is 1.24. The summed E-state index contributed by atoms with van der Waals surface area (Å²) in [6, 6.07) is 9.78. The average molecular weight is 350 g/mol. The summed E-state index contributed by atoms with van der Waals surface area (Å²) in [5.74, 6) is -0.334. The van der Waals surface area contributed by atoms with Gasteiger partial charge in [-0.2, -0.15) is 0 Å². The van der Waals surface area contributed by atoms with Crippen molar-refractivity contribution in [3.05, 3.63) is 59.5 Å². The molecule has 0 spiro atoms. The molecule has 0 aliphatic carbocycles. The van der Waals surface area contributed by atoms with Gasteiger partial charge in [-0.1, -0.05) is 18.2 Å². The molecular weight excluding hydrogens is 332 g/mol. The van der Waals surface area contributed by atoms with E-state index in [0.717, 1.165) is 0 Å². The SMILES string of the molecule is CC(=O)c1cccc(CS(=O)(=O)NCC(=O)NCc2ccco2)c1. The fraction of sp³-hybridized carbons (Fsp3) is 0.250. The Hall–Kier alpha value is -2.45. The van der Waals surface area contributed by atoms with Crippen molar-refractivity contribution >= 4 is 21.7 Å². The first-order valence-corrected chi connectivity index (χ1v) is 8.87. The van der Waals surface area contributed by atoms with E-state index < -0.39 is 15.9 Å². The van der Waals surface area contributed by atoms with Crippen molar-refractivity contribution in [3.8, 4) is 0 Å². The number of furan rings is 1. The molecule has 1 aromatic carbocycles. The zero-order chi connectivity index (χ0) is 17.6. The molecule has 128 valence electrons. The molecule has 0 unspecified atom stereocenters. The van der Waals surface area contributed by atoms with E-state index in [1.165, 1.54) is 19.3 Å². The highest BCUT2D eigenvalue weighted by atomic mass is 32.2. The van der Waals surface area contributed by atoms with Crippen LogP contribution in [-0.4, -0.2) is 26.7 Å². The number of nitrogens with one attached hydrogen (secondary N) is 2. The summed E-state index contributed by atoms with van der Waals surface area (Å²) in [6.07, 6.45) is 1.49. The van der Waals surface area contributed by atoms with E-state index in [-0.39, 0.29) is 24.6 Å². The van der Waals surface area contributed by atoms with E-state index in [1.54, 1.807) is 30.3 Å². The fourth-order valence-corrected chi connectivity index (χ4v) is 3.06. The number of sulfonamides is 1. The summed E-state index contributed by atoms with van der Waals surface area (Å²) in [5, 5.41) is 2.54. The van der Waals surface area contributed by atoms with Crippen LogP contribution in [-0.2, 0) is 27.1 Å². The lowest BCUT2D eigenvalue weighted by Gasteiger charge is -2.08. The summed E-state index contributed by atoms with van der Waals surface area (Å²) in [7, 11) is -3.69. The zero-order valence-corrected chi connectivity index (χ0v) is 13.9. The number of hydrogen-bond acceptors (Lipinski definition) is 5. The summed E-state index contributed by atoms with van der Waals surface area (Å²) >= 11 is 0. The highest BCUT2D eigenvalue weighted by molar-refractivity contribution is 7.88. The largest absolute Gasteiger partial charge is 0.467 e. The van der Waals surface area contributed by atoms with Crippen LogP contribution < -0.4 is 10.0 Å². The van der Waals surface area contributed by atoms with Crippen LogP contribution >= 0.6 is 0 Å². The van der Waals surface area contributed by atoms with Crippen molar-refractivity contribution in [3.63, 3.8) is 0 Å². The monoisotopic (exact) mass is 350 g/mol. The second-order valence-corrected chi connectivity index (χ2v) is 7.00. The quantitative estimate of drug-likeness (QED) is 0.696. The first-order chi connectivity index (χ1) is 11.4. The number of hydrogen-bond donors (Lipinski definition) is 2. The topological polar surface area (TPSA) is 105 Å². The lowest BCUT2D eigenvalue weighted by Crippen LogP contribution is -2.37. The van der Waals surface area contributed by atoms with Crippen LogP contribution in [0.25, 0.3) is 0 Å². The Labute approximate surface area is 140 Å². The molecule has 1 amide bonds. The van der Waals surface area contributed by atoms with Crippen molar-refractivity contribution in [1.29, 1.82) is 0 Å². The van der Waals surface area contributed by atoms with Gasteiger partial charge in [0.1, 0.15) is 5.76 Å². The molecule has 0 radical (unpaired) electrons. The van der Waals surface area contributed by atoms with Crippen molar-refractivity contribution in [1.82, 2.24) is 10.0 Å². The van der Waals surface area contributed by atoms with Crippen LogP contribution in [0.4, 0.5) is 0 Å². The van der Waals surface area contributed by atoms with Crippen molar-refractivity contribution < 1.29 is 22.4 Å². The third-order valence-corrected chi connectivity index (χ3v) is 4.48. The molecular formula is C16H18N2O5S. The Kier molecular flexibility index (Phi) is 5.88. The van der Waals surface area contributed by atoms with Gasteiger partial charge in [-0.15, -0.1) is 0 Å². The van der Waals surface area contributed by atoms with Gasteiger partial charge in [0.25, 0.3) is 0 Å². The average Bonchev–Trinajstić information content (AvgIpc) is 3.04. The minimum atomic E-state index is -3.69. The van der Waals surface area contributed by atoms with Crippen LogP contribution in [0.15, 0.2) is 47.1 Å². The number of rotatable bonds is 8. The molecule has 1 heterocycles. The second kappa shape index (κ2) is 7.89. The molecule has 0 atom stereocenters. The molecule has 0 saturated heterocycles. The first-order valence-electron chi connectivity index (χ1n) is 7.22. The Morgan fingerprint density at radius 3 is 2.62 bits per heavy atom. The van der Waals surface area contributed by atoms with Gasteiger partial charge in [0, 0.05) is 5.56 Å². The molecule has 0 bridgehead atoms. The van der Waals surface area contributed by atoms with Gasteiger partial charge in [-0.25, -0.2) is 13.1 Å². The van der Waals surface area contributed by atoms with E-state index in [2.05, 4.69) is 10.0 Å². The van der Waals surface area contributed by atoms with Gasteiger partial charge in [0.05, 0.1) is 25.1 Å². The van der Waals surface area contributed by atoms with Crippen molar-refractivity contribution in [2.45, 2.75) is 19.2 Å². The molecule has 0 aliphatic heterocycles. The van der Waals surface area contributed by atoms with E-state index >= 15 is 0 Å². The number of Topliss-reactive ketones (excluding diaryl/α,β-unsaturated/α-hetero) is 1. The van der Waals surface area contributed by atoms with Crippen molar-refractivity contribution in [2.75, 3.05) is 6.54 Å². The Bertz CT molecular complexity index is 813. The van der Waals surface area contributed by atoms with E-state index in [4.69, 9.17) is 4.42 Å². The van der Waals surface area contributed by atoms with E-state index in [1.807, 2.05) is 0 Å². The maximum absolute atomic E-state index is 12.0. The summed E-state index contributed by atoms with van der Waals surface area (Å²) in [5.41, 5.74) is 0.921. The normalized spacial score (nSPS) is 11.2. The summed E-state index contributed by atoms with van der Waals surface area (Å²) in [4.78, 5) is 23.0. The number of ketones is 1. The Morgan fingerprint density at radius 1 is 1.17 bits per heavy atom. The van der Waals surface area contributed by atoms with Crippen LogP contribution in [0.3, 0.4) is 0 Å². The third kappa shape index (κ3) is 5.64. The predicted molar refractivity (Wildman–Crippen MR) is 87.6 cm³/mol. The lowest BCUT2D eigenvalue weighted by molar-refractivity contribution is -0.120. The Balaban J connectivity index is 1.85. The number of carbonyl (C=O) groups is 2. The maximum atomic E-state index is 12.0. The molecule has 0 aliphatic rings. The zero-order valence-electron chi connectivity index (χ0n) is 13.1. The van der Waals surface area contributed by atoms with Crippen LogP contribution in [0.5, 0.6) is 0 Å². The van der Waals surface area contributed by atoms with Gasteiger partial charge < -0.3 is 9.73 Å².